The standard InChI is InChI=1S/C19H21FN2O2/c1-12(2)17(19(24)21-15-10-8-14(20)9-11-15)22-18(23)16-7-5-4-6-13(16)3/h4-12,17H,1-3H3,(H,21,24)(H,22,23). The van der Waals surface area contributed by atoms with Crippen molar-refractivity contribution in [1.29, 1.82) is 0 Å². The fourth-order valence-corrected chi connectivity index (χ4v) is 2.33. The highest BCUT2D eigenvalue weighted by Crippen LogP contribution is 2.13. The molecule has 5 heteroatoms. The molecular formula is C19H21FN2O2. The molecule has 0 aromatic heterocycles. The molecule has 1 atom stereocenters. The van der Waals surface area contributed by atoms with Crippen LogP contribution in [0.5, 0.6) is 0 Å². The van der Waals surface area contributed by atoms with Gasteiger partial charge in [0.15, 0.2) is 0 Å². The molecule has 0 saturated carbocycles. The highest BCUT2D eigenvalue weighted by Gasteiger charge is 2.25. The number of hydrogen-bond acceptors (Lipinski definition) is 2. The molecule has 0 aliphatic rings. The second-order valence-corrected chi connectivity index (χ2v) is 6.01. The molecule has 126 valence electrons. The van der Waals surface area contributed by atoms with E-state index in [-0.39, 0.29) is 23.5 Å². The molecule has 0 aliphatic carbocycles. The van der Waals surface area contributed by atoms with E-state index in [0.29, 0.717) is 11.3 Å². The molecule has 0 spiro atoms. The summed E-state index contributed by atoms with van der Waals surface area (Å²) in [6, 6.07) is 12.0. The Hall–Kier alpha value is -2.69. The second-order valence-electron chi connectivity index (χ2n) is 6.01. The van der Waals surface area contributed by atoms with Crippen LogP contribution in [-0.2, 0) is 4.79 Å². The molecule has 0 bridgehead atoms. The molecule has 4 nitrogen and oxygen atoms in total. The van der Waals surface area contributed by atoms with Gasteiger partial charge in [-0.25, -0.2) is 4.39 Å². The minimum absolute atomic E-state index is 0.0987. The molecule has 24 heavy (non-hydrogen) atoms. The minimum atomic E-state index is -0.692. The fraction of sp³-hybridized carbons (Fsp3) is 0.263. The van der Waals surface area contributed by atoms with Crippen LogP contribution >= 0.6 is 0 Å². The van der Waals surface area contributed by atoms with Crippen molar-refractivity contribution < 1.29 is 14.0 Å². The quantitative estimate of drug-likeness (QED) is 0.882. The van der Waals surface area contributed by atoms with Gasteiger partial charge in [-0.1, -0.05) is 32.0 Å². The van der Waals surface area contributed by atoms with Crippen LogP contribution in [0.25, 0.3) is 0 Å². The van der Waals surface area contributed by atoms with Crippen LogP contribution in [0.15, 0.2) is 48.5 Å². The van der Waals surface area contributed by atoms with Crippen LogP contribution in [-0.4, -0.2) is 17.9 Å². The van der Waals surface area contributed by atoms with Gasteiger partial charge in [-0.3, -0.25) is 9.59 Å². The lowest BCUT2D eigenvalue weighted by molar-refractivity contribution is -0.118. The molecule has 0 heterocycles. The van der Waals surface area contributed by atoms with Gasteiger partial charge >= 0.3 is 0 Å². The summed E-state index contributed by atoms with van der Waals surface area (Å²) in [4.78, 5) is 24.9. The van der Waals surface area contributed by atoms with Crippen molar-refractivity contribution in [1.82, 2.24) is 5.32 Å². The van der Waals surface area contributed by atoms with Gasteiger partial charge in [-0.2, -0.15) is 0 Å². The van der Waals surface area contributed by atoms with E-state index in [1.165, 1.54) is 24.3 Å². The van der Waals surface area contributed by atoms with Crippen molar-refractivity contribution in [2.45, 2.75) is 26.8 Å². The zero-order chi connectivity index (χ0) is 17.7. The number of hydrogen-bond donors (Lipinski definition) is 2. The zero-order valence-corrected chi connectivity index (χ0v) is 14.0. The van der Waals surface area contributed by atoms with Crippen molar-refractivity contribution >= 4 is 17.5 Å². The van der Waals surface area contributed by atoms with E-state index in [4.69, 9.17) is 0 Å². The van der Waals surface area contributed by atoms with Crippen molar-refractivity contribution in [2.75, 3.05) is 5.32 Å². The van der Waals surface area contributed by atoms with E-state index in [1.807, 2.05) is 32.9 Å². The Balaban J connectivity index is 2.11. The Morgan fingerprint density at radius 3 is 2.21 bits per heavy atom. The molecule has 0 fully saturated rings. The fourth-order valence-electron chi connectivity index (χ4n) is 2.33. The van der Waals surface area contributed by atoms with Crippen LogP contribution < -0.4 is 10.6 Å². The van der Waals surface area contributed by atoms with Crippen LogP contribution in [0.4, 0.5) is 10.1 Å². The van der Waals surface area contributed by atoms with Crippen molar-refractivity contribution in [3.8, 4) is 0 Å². The van der Waals surface area contributed by atoms with Gasteiger partial charge in [0.05, 0.1) is 0 Å². The molecule has 2 rings (SSSR count). The Bertz CT molecular complexity index is 726. The molecule has 2 N–H and O–H groups in total. The van der Waals surface area contributed by atoms with Gasteiger partial charge in [-0.05, 0) is 48.7 Å². The second kappa shape index (κ2) is 7.73. The molecule has 1 unspecified atom stereocenters. The maximum Gasteiger partial charge on any atom is 0.252 e. The molecule has 0 radical (unpaired) electrons. The Morgan fingerprint density at radius 1 is 1.00 bits per heavy atom. The van der Waals surface area contributed by atoms with Crippen molar-refractivity contribution in [3.63, 3.8) is 0 Å². The van der Waals surface area contributed by atoms with E-state index < -0.39 is 6.04 Å². The van der Waals surface area contributed by atoms with Gasteiger partial charge in [0.2, 0.25) is 5.91 Å². The third-order valence-electron chi connectivity index (χ3n) is 3.74. The number of nitrogens with one attached hydrogen (secondary N) is 2. The molecule has 2 aromatic carbocycles. The summed E-state index contributed by atoms with van der Waals surface area (Å²) in [6.45, 7) is 5.55. The summed E-state index contributed by atoms with van der Waals surface area (Å²) in [7, 11) is 0. The first-order chi connectivity index (χ1) is 11.4. The third kappa shape index (κ3) is 4.41. The average Bonchev–Trinajstić information content (AvgIpc) is 2.54. The highest BCUT2D eigenvalue weighted by molar-refractivity contribution is 6.01. The number of anilines is 1. The molecule has 2 aromatic rings. The number of amides is 2. The van der Waals surface area contributed by atoms with Crippen molar-refractivity contribution in [3.05, 3.63) is 65.5 Å². The van der Waals surface area contributed by atoms with Gasteiger partial charge in [0.1, 0.15) is 11.9 Å². The number of carbonyl (C=O) groups excluding carboxylic acids is 2. The van der Waals surface area contributed by atoms with E-state index in [2.05, 4.69) is 10.6 Å². The monoisotopic (exact) mass is 328 g/mol. The van der Waals surface area contributed by atoms with Gasteiger partial charge in [0.25, 0.3) is 5.91 Å². The number of rotatable bonds is 5. The first-order valence-electron chi connectivity index (χ1n) is 7.81. The summed E-state index contributed by atoms with van der Waals surface area (Å²) in [6.07, 6.45) is 0. The third-order valence-corrected chi connectivity index (χ3v) is 3.74. The van der Waals surface area contributed by atoms with Crippen LogP contribution in [0.1, 0.15) is 29.8 Å². The van der Waals surface area contributed by atoms with E-state index in [9.17, 15) is 14.0 Å². The largest absolute Gasteiger partial charge is 0.340 e. The van der Waals surface area contributed by atoms with Crippen LogP contribution in [0, 0.1) is 18.7 Å². The Morgan fingerprint density at radius 2 is 1.62 bits per heavy atom. The minimum Gasteiger partial charge on any atom is -0.340 e. The molecule has 2 amide bonds. The lowest BCUT2D eigenvalue weighted by atomic mass is 10.0. The summed E-state index contributed by atoms with van der Waals surface area (Å²) >= 11 is 0. The first-order valence-corrected chi connectivity index (χ1v) is 7.81. The Labute approximate surface area is 141 Å². The molecule has 0 aliphatic heterocycles. The Kier molecular flexibility index (Phi) is 5.68. The van der Waals surface area contributed by atoms with Crippen molar-refractivity contribution in [2.24, 2.45) is 5.92 Å². The number of halogens is 1. The van der Waals surface area contributed by atoms with E-state index >= 15 is 0 Å². The lowest BCUT2D eigenvalue weighted by Crippen LogP contribution is -2.47. The number of aryl methyl sites for hydroxylation is 1. The average molecular weight is 328 g/mol. The predicted octanol–water partition coefficient (Wildman–Crippen LogP) is 3.53. The first kappa shape index (κ1) is 17.7. The smallest absolute Gasteiger partial charge is 0.252 e. The van der Waals surface area contributed by atoms with Crippen LogP contribution in [0.3, 0.4) is 0 Å². The van der Waals surface area contributed by atoms with Gasteiger partial charge in [0, 0.05) is 11.3 Å². The highest BCUT2D eigenvalue weighted by atomic mass is 19.1. The molecular weight excluding hydrogens is 307 g/mol. The predicted molar refractivity (Wildman–Crippen MR) is 92.3 cm³/mol. The zero-order valence-electron chi connectivity index (χ0n) is 14.0. The maximum atomic E-state index is 12.9. The lowest BCUT2D eigenvalue weighted by Gasteiger charge is -2.22. The summed E-state index contributed by atoms with van der Waals surface area (Å²) < 4.78 is 12.9. The summed E-state index contributed by atoms with van der Waals surface area (Å²) in [5.41, 5.74) is 1.87. The summed E-state index contributed by atoms with van der Waals surface area (Å²) in [5, 5.41) is 5.48. The number of carbonyl (C=O) groups is 2. The SMILES string of the molecule is Cc1ccccc1C(=O)NC(C(=O)Nc1ccc(F)cc1)C(C)C. The molecule has 0 saturated heterocycles. The van der Waals surface area contributed by atoms with Gasteiger partial charge < -0.3 is 10.6 Å². The van der Waals surface area contributed by atoms with Gasteiger partial charge in [-0.15, -0.1) is 0 Å². The van der Waals surface area contributed by atoms with E-state index in [0.717, 1.165) is 5.56 Å². The normalized spacial score (nSPS) is 11.9. The summed E-state index contributed by atoms with van der Waals surface area (Å²) in [5.74, 6) is -1.10. The number of benzene rings is 2. The van der Waals surface area contributed by atoms with Crippen LogP contribution in [0.2, 0.25) is 0 Å². The van der Waals surface area contributed by atoms with E-state index in [1.54, 1.807) is 12.1 Å². The maximum absolute atomic E-state index is 12.9. The topological polar surface area (TPSA) is 58.2 Å².